The number of anilines is 1. The van der Waals surface area contributed by atoms with E-state index < -0.39 is 11.7 Å². The van der Waals surface area contributed by atoms with E-state index in [0.717, 1.165) is 6.07 Å². The van der Waals surface area contributed by atoms with E-state index in [-0.39, 0.29) is 5.82 Å². The van der Waals surface area contributed by atoms with Gasteiger partial charge in [-0.1, -0.05) is 15.9 Å². The molecule has 1 aromatic heterocycles. The highest BCUT2D eigenvalue weighted by atomic mass is 79.9. The maximum absolute atomic E-state index is 12.7. The van der Waals surface area contributed by atoms with Crippen molar-refractivity contribution < 1.29 is 13.2 Å². The molecule has 7 heteroatoms. The van der Waals surface area contributed by atoms with E-state index in [1.165, 1.54) is 11.1 Å². The Bertz CT molecular complexity index is 368. The Morgan fingerprint density at radius 1 is 1.44 bits per heavy atom. The largest absolute Gasteiger partial charge is 0.419 e. The molecule has 0 saturated heterocycles. The third-order valence-electron chi connectivity index (χ3n) is 1.92. The molecule has 0 aromatic carbocycles. The molecule has 0 atom stereocenters. The molecule has 2 nitrogen and oxygen atoms in total. The van der Waals surface area contributed by atoms with Crippen LogP contribution in [0.15, 0.2) is 16.7 Å². The third-order valence-corrected chi connectivity index (χ3v) is 2.71. The highest BCUT2D eigenvalue weighted by Crippen LogP contribution is 2.36. The summed E-state index contributed by atoms with van der Waals surface area (Å²) in [6.45, 7) is 0.456. The lowest BCUT2D eigenvalue weighted by molar-refractivity contribution is -0.137. The molecule has 0 saturated carbocycles. The van der Waals surface area contributed by atoms with Crippen molar-refractivity contribution in [1.82, 2.24) is 4.98 Å². The molecular formula is C9H9Br2F3N2. The minimum atomic E-state index is -4.40. The van der Waals surface area contributed by atoms with Gasteiger partial charge in [0, 0.05) is 29.6 Å². The van der Waals surface area contributed by atoms with E-state index in [0.29, 0.717) is 16.3 Å². The lowest BCUT2D eigenvalue weighted by atomic mass is 10.2. The summed E-state index contributed by atoms with van der Waals surface area (Å²) in [7, 11) is 1.58. The number of alkyl halides is 4. The monoisotopic (exact) mass is 360 g/mol. The Kier molecular flexibility index (Phi) is 4.61. The zero-order chi connectivity index (χ0) is 12.3. The van der Waals surface area contributed by atoms with Gasteiger partial charge in [0.1, 0.15) is 5.82 Å². The second-order valence-corrected chi connectivity index (χ2v) is 4.84. The van der Waals surface area contributed by atoms with Crippen LogP contribution in [0.5, 0.6) is 0 Å². The van der Waals surface area contributed by atoms with Crippen LogP contribution in [0.4, 0.5) is 19.0 Å². The van der Waals surface area contributed by atoms with Gasteiger partial charge >= 0.3 is 6.18 Å². The number of halogens is 5. The van der Waals surface area contributed by atoms with Crippen LogP contribution in [0.3, 0.4) is 0 Å². The molecule has 0 bridgehead atoms. The summed E-state index contributed by atoms with van der Waals surface area (Å²) in [5, 5.41) is 0.582. The van der Waals surface area contributed by atoms with Gasteiger partial charge in [0.15, 0.2) is 0 Å². The predicted octanol–water partition coefficient (Wildman–Crippen LogP) is 3.69. The molecule has 0 aliphatic heterocycles. The van der Waals surface area contributed by atoms with Crippen LogP contribution >= 0.6 is 31.9 Å². The summed E-state index contributed by atoms with van der Waals surface area (Å²) < 4.78 is 38.5. The normalized spacial score (nSPS) is 11.6. The van der Waals surface area contributed by atoms with E-state index in [2.05, 4.69) is 36.8 Å². The maximum Gasteiger partial charge on any atom is 0.419 e. The van der Waals surface area contributed by atoms with E-state index in [1.807, 2.05) is 0 Å². The van der Waals surface area contributed by atoms with Crippen molar-refractivity contribution in [1.29, 1.82) is 0 Å². The number of aromatic nitrogens is 1. The van der Waals surface area contributed by atoms with Gasteiger partial charge in [-0.2, -0.15) is 13.2 Å². The standard InChI is InChI=1S/C9H9Br2F3N2/c1-16(3-2-10)8-7(9(12,13)14)4-6(11)5-15-8/h4-5H,2-3H2,1H3. The summed E-state index contributed by atoms with van der Waals surface area (Å²) in [5.41, 5.74) is -0.731. The van der Waals surface area contributed by atoms with Crippen molar-refractivity contribution >= 4 is 37.7 Å². The average Bonchev–Trinajstić information content (AvgIpc) is 2.16. The van der Waals surface area contributed by atoms with Gasteiger partial charge in [0.05, 0.1) is 5.56 Å². The number of hydrogen-bond acceptors (Lipinski definition) is 2. The molecule has 0 unspecified atom stereocenters. The lowest BCUT2D eigenvalue weighted by Gasteiger charge is -2.21. The first-order valence-corrected chi connectivity index (χ1v) is 6.27. The number of rotatable bonds is 3. The molecule has 1 heterocycles. The van der Waals surface area contributed by atoms with Gasteiger partial charge in [0.2, 0.25) is 0 Å². The molecule has 1 rings (SSSR count). The third kappa shape index (κ3) is 3.35. The highest BCUT2D eigenvalue weighted by molar-refractivity contribution is 9.10. The molecule has 0 radical (unpaired) electrons. The van der Waals surface area contributed by atoms with Crippen LogP contribution in [0.1, 0.15) is 5.56 Å². The van der Waals surface area contributed by atoms with Gasteiger partial charge in [-0.25, -0.2) is 4.98 Å². The van der Waals surface area contributed by atoms with E-state index in [9.17, 15) is 13.2 Å². The first-order chi connectivity index (χ1) is 7.36. The summed E-state index contributed by atoms with van der Waals surface area (Å²) in [5.74, 6) is -0.0600. The summed E-state index contributed by atoms with van der Waals surface area (Å²) >= 11 is 6.16. The zero-order valence-electron chi connectivity index (χ0n) is 8.35. The Labute approximate surface area is 108 Å². The van der Waals surface area contributed by atoms with Crippen LogP contribution in [0.25, 0.3) is 0 Å². The van der Waals surface area contributed by atoms with Crippen molar-refractivity contribution in [2.45, 2.75) is 6.18 Å². The maximum atomic E-state index is 12.7. The van der Waals surface area contributed by atoms with Crippen molar-refractivity contribution in [2.24, 2.45) is 0 Å². The van der Waals surface area contributed by atoms with E-state index >= 15 is 0 Å². The van der Waals surface area contributed by atoms with Gasteiger partial charge in [-0.05, 0) is 22.0 Å². The lowest BCUT2D eigenvalue weighted by Crippen LogP contribution is -2.24. The quantitative estimate of drug-likeness (QED) is 0.763. The zero-order valence-corrected chi connectivity index (χ0v) is 11.5. The minimum absolute atomic E-state index is 0.0600. The molecule has 0 spiro atoms. The molecule has 16 heavy (non-hydrogen) atoms. The summed E-state index contributed by atoms with van der Waals surface area (Å²) in [6.07, 6.45) is -3.04. The fourth-order valence-electron chi connectivity index (χ4n) is 1.18. The first-order valence-electron chi connectivity index (χ1n) is 4.36. The molecule has 0 fully saturated rings. The van der Waals surface area contributed by atoms with E-state index in [1.54, 1.807) is 7.05 Å². The van der Waals surface area contributed by atoms with Crippen molar-refractivity contribution in [3.63, 3.8) is 0 Å². The molecular weight excluding hydrogens is 353 g/mol. The second-order valence-electron chi connectivity index (χ2n) is 3.13. The van der Waals surface area contributed by atoms with E-state index in [4.69, 9.17) is 0 Å². The van der Waals surface area contributed by atoms with Crippen LogP contribution in [-0.2, 0) is 6.18 Å². The van der Waals surface area contributed by atoms with Gasteiger partial charge in [-0.15, -0.1) is 0 Å². The number of nitrogens with zero attached hydrogens (tertiary/aromatic N) is 2. The van der Waals surface area contributed by atoms with Gasteiger partial charge < -0.3 is 4.90 Å². The Hall–Kier alpha value is -0.300. The molecule has 0 aliphatic rings. The molecule has 0 N–H and O–H groups in total. The highest BCUT2D eigenvalue weighted by Gasteiger charge is 2.35. The molecule has 0 aliphatic carbocycles. The number of pyridine rings is 1. The van der Waals surface area contributed by atoms with Crippen molar-refractivity contribution in [3.8, 4) is 0 Å². The van der Waals surface area contributed by atoms with Crippen LogP contribution in [0.2, 0.25) is 0 Å². The van der Waals surface area contributed by atoms with Crippen LogP contribution in [0, 0.1) is 0 Å². The SMILES string of the molecule is CN(CCBr)c1ncc(Br)cc1C(F)(F)F. The second kappa shape index (κ2) is 5.35. The van der Waals surface area contributed by atoms with Crippen molar-refractivity contribution in [3.05, 3.63) is 22.3 Å². The first kappa shape index (κ1) is 13.8. The Morgan fingerprint density at radius 3 is 2.56 bits per heavy atom. The molecule has 90 valence electrons. The van der Waals surface area contributed by atoms with Crippen molar-refractivity contribution in [2.75, 3.05) is 23.8 Å². The minimum Gasteiger partial charge on any atom is -0.358 e. The fraction of sp³-hybridized carbons (Fsp3) is 0.444. The fourth-order valence-corrected chi connectivity index (χ4v) is 2.04. The van der Waals surface area contributed by atoms with Gasteiger partial charge in [0.25, 0.3) is 0 Å². The number of hydrogen-bond donors (Lipinski definition) is 0. The van der Waals surface area contributed by atoms with Gasteiger partial charge in [-0.3, -0.25) is 0 Å². The average molecular weight is 362 g/mol. The molecule has 1 aromatic rings. The van der Waals surface area contributed by atoms with Crippen LogP contribution in [-0.4, -0.2) is 23.9 Å². The smallest absolute Gasteiger partial charge is 0.358 e. The van der Waals surface area contributed by atoms with Crippen LogP contribution < -0.4 is 4.90 Å². The Balaban J connectivity index is 3.18. The Morgan fingerprint density at radius 2 is 2.06 bits per heavy atom. The topological polar surface area (TPSA) is 16.1 Å². The summed E-state index contributed by atoms with van der Waals surface area (Å²) in [6, 6.07) is 1.03. The molecule has 0 amide bonds. The summed E-state index contributed by atoms with van der Waals surface area (Å²) in [4.78, 5) is 5.26. The predicted molar refractivity (Wildman–Crippen MR) is 64.0 cm³/mol.